The van der Waals surface area contributed by atoms with Crippen LogP contribution in [0.5, 0.6) is 0 Å². The van der Waals surface area contributed by atoms with Gasteiger partial charge in [0.05, 0.1) is 10.6 Å². The van der Waals surface area contributed by atoms with E-state index in [4.69, 9.17) is 23.2 Å². The van der Waals surface area contributed by atoms with E-state index in [0.29, 0.717) is 26.9 Å². The van der Waals surface area contributed by atoms with E-state index in [0.717, 1.165) is 42.0 Å². The van der Waals surface area contributed by atoms with Crippen molar-refractivity contribution in [1.82, 2.24) is 10.2 Å². The average molecular weight is 631 g/mol. The molecule has 3 aromatic carbocycles. The number of carbonyl (C=O) groups excluding carboxylic acids is 2. The van der Waals surface area contributed by atoms with Crippen LogP contribution in [0.2, 0.25) is 10.0 Å². The van der Waals surface area contributed by atoms with Crippen LogP contribution in [-0.2, 0) is 26.2 Å². The van der Waals surface area contributed by atoms with Gasteiger partial charge in [0.1, 0.15) is 12.6 Å². The van der Waals surface area contributed by atoms with Crippen LogP contribution in [0.4, 0.5) is 5.69 Å². The molecule has 0 aromatic heterocycles. The lowest BCUT2D eigenvalue weighted by atomic mass is 9.95. The van der Waals surface area contributed by atoms with E-state index in [-0.39, 0.29) is 23.4 Å². The van der Waals surface area contributed by atoms with Gasteiger partial charge in [-0.15, -0.1) is 0 Å². The summed E-state index contributed by atoms with van der Waals surface area (Å²) in [5, 5.41) is 3.80. The van der Waals surface area contributed by atoms with Crippen molar-refractivity contribution in [1.29, 1.82) is 0 Å². The van der Waals surface area contributed by atoms with Crippen LogP contribution in [0.3, 0.4) is 0 Å². The lowest BCUT2D eigenvalue weighted by Crippen LogP contribution is -2.53. The van der Waals surface area contributed by atoms with Gasteiger partial charge in [0.25, 0.3) is 10.0 Å². The minimum atomic E-state index is -4.14. The first-order valence-corrected chi connectivity index (χ1v) is 16.4. The van der Waals surface area contributed by atoms with E-state index in [2.05, 4.69) is 5.32 Å². The minimum absolute atomic E-state index is 0.0414. The van der Waals surface area contributed by atoms with Gasteiger partial charge < -0.3 is 10.2 Å². The van der Waals surface area contributed by atoms with Gasteiger partial charge in [-0.1, -0.05) is 84.4 Å². The summed E-state index contributed by atoms with van der Waals surface area (Å²) in [6.07, 6.45) is 5.00. The Kier molecular flexibility index (Phi) is 10.6. The molecule has 0 spiro atoms. The molecule has 0 heterocycles. The maximum absolute atomic E-state index is 14.2. The van der Waals surface area contributed by atoms with Gasteiger partial charge >= 0.3 is 0 Å². The number of benzene rings is 3. The van der Waals surface area contributed by atoms with E-state index in [1.807, 2.05) is 26.0 Å². The third-order valence-electron chi connectivity index (χ3n) is 7.74. The molecule has 3 aromatic rings. The zero-order valence-electron chi connectivity index (χ0n) is 24.1. The van der Waals surface area contributed by atoms with Crippen LogP contribution in [0, 0.1) is 13.8 Å². The maximum Gasteiger partial charge on any atom is 0.264 e. The quantitative estimate of drug-likeness (QED) is 0.271. The topological polar surface area (TPSA) is 86.8 Å². The average Bonchev–Trinajstić information content (AvgIpc) is 2.96. The molecule has 0 radical (unpaired) electrons. The molecule has 1 aliphatic carbocycles. The molecule has 42 heavy (non-hydrogen) atoms. The lowest BCUT2D eigenvalue weighted by Gasteiger charge is -2.34. The van der Waals surface area contributed by atoms with Crippen molar-refractivity contribution in [2.75, 3.05) is 10.8 Å². The van der Waals surface area contributed by atoms with Gasteiger partial charge in [-0.2, -0.15) is 0 Å². The molecule has 10 heteroatoms. The standard InChI is InChI=1S/C32H37Cl2N3O4S/c1-22-17-18-30(23(2)19-22)37(42(40,41)26-13-8-5-9-14-26)21-31(38)36(20-27-28(33)15-10-16-29(27)34)24(3)32(39)35-25-11-6-4-7-12-25/h5,8-10,13-19,24-25H,4,6-7,11-12,20-21H2,1-3H3,(H,35,39)/t24-/m0/s1. The molecule has 0 saturated heterocycles. The van der Waals surface area contributed by atoms with Gasteiger partial charge in [0.2, 0.25) is 11.8 Å². The smallest absolute Gasteiger partial charge is 0.264 e. The van der Waals surface area contributed by atoms with Gasteiger partial charge in [-0.05, 0) is 69.5 Å². The number of anilines is 1. The molecule has 0 aliphatic heterocycles. The summed E-state index contributed by atoms with van der Waals surface area (Å²) in [7, 11) is -4.14. The zero-order chi connectivity index (χ0) is 30.4. The van der Waals surface area contributed by atoms with Crippen LogP contribution < -0.4 is 9.62 Å². The highest BCUT2D eigenvalue weighted by atomic mass is 35.5. The zero-order valence-corrected chi connectivity index (χ0v) is 26.5. The first kappa shape index (κ1) is 31.9. The van der Waals surface area contributed by atoms with Crippen molar-refractivity contribution in [3.05, 3.63) is 93.5 Å². The van der Waals surface area contributed by atoms with E-state index in [9.17, 15) is 18.0 Å². The Labute approximate surface area is 258 Å². The van der Waals surface area contributed by atoms with Gasteiger partial charge in [-0.3, -0.25) is 13.9 Å². The molecule has 7 nitrogen and oxygen atoms in total. The number of halogens is 2. The number of nitrogens with zero attached hydrogens (tertiary/aromatic N) is 2. The third kappa shape index (κ3) is 7.46. The summed E-state index contributed by atoms with van der Waals surface area (Å²) < 4.78 is 29.1. The summed E-state index contributed by atoms with van der Waals surface area (Å²) in [4.78, 5) is 29.1. The Morgan fingerprint density at radius 2 is 1.57 bits per heavy atom. The Hall–Kier alpha value is -3.07. The highest BCUT2D eigenvalue weighted by Crippen LogP contribution is 2.30. The number of sulfonamides is 1. The van der Waals surface area contributed by atoms with E-state index < -0.39 is 28.5 Å². The first-order chi connectivity index (χ1) is 20.0. The summed E-state index contributed by atoms with van der Waals surface area (Å²) in [5.41, 5.74) is 2.53. The van der Waals surface area contributed by atoms with E-state index in [1.54, 1.807) is 49.4 Å². The second-order valence-electron chi connectivity index (χ2n) is 10.9. The van der Waals surface area contributed by atoms with Crippen molar-refractivity contribution in [2.24, 2.45) is 0 Å². The number of rotatable bonds is 10. The monoisotopic (exact) mass is 629 g/mol. The minimum Gasteiger partial charge on any atom is -0.352 e. The normalized spacial score (nSPS) is 14.7. The van der Waals surface area contributed by atoms with Gasteiger partial charge in [-0.25, -0.2) is 8.42 Å². The summed E-state index contributed by atoms with van der Waals surface area (Å²) >= 11 is 13.0. The number of aryl methyl sites for hydroxylation is 2. The number of hydrogen-bond donors (Lipinski definition) is 1. The number of nitrogens with one attached hydrogen (secondary N) is 1. The Morgan fingerprint density at radius 1 is 0.929 bits per heavy atom. The molecular weight excluding hydrogens is 593 g/mol. The number of amides is 2. The highest BCUT2D eigenvalue weighted by molar-refractivity contribution is 7.92. The molecular formula is C32H37Cl2N3O4S. The predicted octanol–water partition coefficient (Wildman–Crippen LogP) is 6.67. The molecule has 0 bridgehead atoms. The maximum atomic E-state index is 14.2. The lowest BCUT2D eigenvalue weighted by molar-refractivity contribution is -0.139. The second-order valence-corrected chi connectivity index (χ2v) is 13.5. The Balaban J connectivity index is 1.72. The fourth-order valence-electron chi connectivity index (χ4n) is 5.32. The van der Waals surface area contributed by atoms with Crippen molar-refractivity contribution in [3.8, 4) is 0 Å². The van der Waals surface area contributed by atoms with Crippen LogP contribution in [-0.4, -0.2) is 43.8 Å². The molecule has 1 N–H and O–H groups in total. The van der Waals surface area contributed by atoms with Crippen molar-refractivity contribution in [3.63, 3.8) is 0 Å². The summed E-state index contributed by atoms with van der Waals surface area (Å²) in [6.45, 7) is 4.78. The second kappa shape index (κ2) is 13.9. The molecule has 1 aliphatic rings. The molecule has 4 rings (SSSR count). The molecule has 224 valence electrons. The fourth-order valence-corrected chi connectivity index (χ4v) is 7.34. The first-order valence-electron chi connectivity index (χ1n) is 14.2. The predicted molar refractivity (Wildman–Crippen MR) is 168 cm³/mol. The third-order valence-corrected chi connectivity index (χ3v) is 10.2. The molecule has 1 atom stereocenters. The molecule has 1 saturated carbocycles. The van der Waals surface area contributed by atoms with Crippen molar-refractivity contribution >= 4 is 50.7 Å². The summed E-state index contributed by atoms with van der Waals surface area (Å²) in [5.74, 6) is -0.862. The Bertz CT molecular complexity index is 1510. The SMILES string of the molecule is Cc1ccc(N(CC(=O)N(Cc2c(Cl)cccc2Cl)[C@@H](C)C(=O)NC2CCCCC2)S(=O)(=O)c2ccccc2)c(C)c1. The number of hydrogen-bond acceptors (Lipinski definition) is 4. The van der Waals surface area contributed by atoms with Gasteiger partial charge in [0, 0.05) is 28.2 Å². The van der Waals surface area contributed by atoms with Crippen molar-refractivity contribution in [2.45, 2.75) is 76.4 Å². The number of carbonyl (C=O) groups is 2. The van der Waals surface area contributed by atoms with Crippen LogP contribution in [0.15, 0.2) is 71.6 Å². The summed E-state index contributed by atoms with van der Waals surface area (Å²) in [6, 6.07) is 17.5. The fraction of sp³-hybridized carbons (Fsp3) is 0.375. The molecule has 2 amide bonds. The van der Waals surface area contributed by atoms with Crippen LogP contribution in [0.1, 0.15) is 55.7 Å². The van der Waals surface area contributed by atoms with Crippen LogP contribution in [0.25, 0.3) is 0 Å². The van der Waals surface area contributed by atoms with Gasteiger partial charge in [0.15, 0.2) is 0 Å². The largest absolute Gasteiger partial charge is 0.352 e. The Morgan fingerprint density at radius 3 is 2.19 bits per heavy atom. The van der Waals surface area contributed by atoms with E-state index in [1.165, 1.54) is 17.0 Å². The van der Waals surface area contributed by atoms with Crippen LogP contribution >= 0.6 is 23.2 Å². The van der Waals surface area contributed by atoms with E-state index >= 15 is 0 Å². The van der Waals surface area contributed by atoms with Crippen molar-refractivity contribution < 1.29 is 18.0 Å². The molecule has 0 unspecified atom stereocenters. The highest BCUT2D eigenvalue weighted by Gasteiger charge is 2.34. The molecule has 1 fully saturated rings.